The number of phenolic OH excluding ortho intramolecular Hbond substituents is 1. The third-order valence-electron chi connectivity index (χ3n) is 14.9. The predicted molar refractivity (Wildman–Crippen MR) is 274 cm³/mol. The number of carbonyl (C=O) groups excluding carboxylic acids is 1. The number of carbonyl (C=O) groups is 1. The molecule has 4 aliphatic rings. The normalized spacial score (nSPS) is 28.3. The van der Waals surface area contributed by atoms with E-state index in [2.05, 4.69) is 121 Å². The lowest BCUT2D eigenvalue weighted by Crippen LogP contribution is -2.51. The molecule has 334 valence electrons. The number of nitrogens with one attached hydrogen (secondary N) is 1. The molecule has 0 bridgehead atoms. The van der Waals surface area contributed by atoms with Crippen molar-refractivity contribution < 1.29 is 19.4 Å². The molecule has 0 amide bonds. The highest BCUT2D eigenvalue weighted by Crippen LogP contribution is 2.67. The number of phenols is 1. The van der Waals surface area contributed by atoms with Crippen molar-refractivity contribution in [3.63, 3.8) is 0 Å². The zero-order chi connectivity index (χ0) is 44.1. The summed E-state index contributed by atoms with van der Waals surface area (Å²) in [5.74, 6) is 6.37. The number of aromatic hydroxyl groups is 1. The van der Waals surface area contributed by atoms with Gasteiger partial charge in [-0.15, -0.1) is 0 Å². The Kier molecular flexibility index (Phi) is 17.0. The molecule has 0 saturated heterocycles. The minimum atomic E-state index is -0.843. The van der Waals surface area contributed by atoms with Crippen LogP contribution in [-0.2, 0) is 22.5 Å². The second kappa shape index (κ2) is 21.2. The molecule has 61 heavy (non-hydrogen) atoms. The number of rotatable bonds is 14. The van der Waals surface area contributed by atoms with Gasteiger partial charge in [-0.25, -0.2) is 4.79 Å². The first-order chi connectivity index (χ1) is 29.0. The van der Waals surface area contributed by atoms with E-state index in [0.29, 0.717) is 28.1 Å². The number of esters is 1. The van der Waals surface area contributed by atoms with Gasteiger partial charge >= 0.3 is 5.97 Å². The van der Waals surface area contributed by atoms with Crippen molar-refractivity contribution in [2.75, 3.05) is 0 Å². The van der Waals surface area contributed by atoms with Crippen LogP contribution in [0.2, 0.25) is 0 Å². The van der Waals surface area contributed by atoms with E-state index >= 15 is 0 Å². The number of alkyl halides is 1. The monoisotopic (exact) mass is 1190 g/mol. The molecule has 2 N–H and O–H groups in total. The maximum atomic E-state index is 14.0. The Balaban J connectivity index is 0.000000492. The summed E-state index contributed by atoms with van der Waals surface area (Å²) in [7, 11) is 0. The van der Waals surface area contributed by atoms with Gasteiger partial charge in [0.2, 0.25) is 0 Å². The lowest BCUT2D eigenvalue weighted by molar-refractivity contribution is -0.155. The summed E-state index contributed by atoms with van der Waals surface area (Å²) in [5.41, 5.74) is 3.20. The van der Waals surface area contributed by atoms with Crippen LogP contribution >= 0.6 is 80.5 Å². The van der Waals surface area contributed by atoms with E-state index in [0.717, 1.165) is 73.3 Å². The summed E-state index contributed by atoms with van der Waals surface area (Å²) in [6, 6.07) is 16.0. The Labute approximate surface area is 410 Å². The Morgan fingerprint density at radius 3 is 2.31 bits per heavy atom. The predicted octanol–water partition coefficient (Wildman–Crippen LogP) is 14.1. The first-order valence-electron chi connectivity index (χ1n) is 22.5. The summed E-state index contributed by atoms with van der Waals surface area (Å²) in [5, 5.41) is 9.55. The zero-order valence-corrected chi connectivity index (χ0v) is 44.1. The van der Waals surface area contributed by atoms with Crippen LogP contribution in [0.4, 0.5) is 0 Å². The fourth-order valence-electron chi connectivity index (χ4n) is 11.7. The van der Waals surface area contributed by atoms with Gasteiger partial charge in [0.05, 0.1) is 0 Å². The quantitative estimate of drug-likeness (QED) is 0.0316. The molecule has 3 aromatic rings. The number of benzene rings is 2. The van der Waals surface area contributed by atoms with Crippen molar-refractivity contribution in [3.05, 3.63) is 93.1 Å². The number of hydrogen-bond donors (Lipinski definition) is 2. The van der Waals surface area contributed by atoms with Crippen LogP contribution < -0.4 is 10.3 Å². The van der Waals surface area contributed by atoms with E-state index in [4.69, 9.17) is 21.7 Å². The summed E-state index contributed by atoms with van der Waals surface area (Å²) in [4.78, 5) is 27.2. The fraction of sp³-hybridized carbons (Fsp3) is 0.612. The summed E-state index contributed by atoms with van der Waals surface area (Å²) < 4.78 is 15.8. The molecule has 9 atom stereocenters. The van der Waals surface area contributed by atoms with Gasteiger partial charge in [-0.3, -0.25) is 9.78 Å². The van der Waals surface area contributed by atoms with E-state index in [1.807, 2.05) is 30.2 Å². The van der Waals surface area contributed by atoms with E-state index in [9.17, 15) is 14.7 Å². The molecular formula is C49H66I3N3O5S. The summed E-state index contributed by atoms with van der Waals surface area (Å²) in [6.45, 7) is 15.5. The van der Waals surface area contributed by atoms with Crippen molar-refractivity contribution >= 4 is 86.5 Å². The fourth-order valence-corrected chi connectivity index (χ4v) is 13.2. The molecule has 4 aliphatic carbocycles. The highest BCUT2D eigenvalue weighted by molar-refractivity contribution is 14.2. The average molecular weight is 1190 g/mol. The molecule has 1 unspecified atom stereocenters. The van der Waals surface area contributed by atoms with Crippen molar-refractivity contribution in [1.29, 1.82) is 0 Å². The lowest BCUT2D eigenvalue weighted by Gasteiger charge is -2.58. The average Bonchev–Trinajstić information content (AvgIpc) is 3.58. The standard InChI is InChI=1S/C42H56I3NO4.C7H10N2OS/c1-27(2)7-6-8-28(3)36-19-20-37-35-18-11-30-25-34(21-23-40(30,4)38(35)22-24-41(36,37)5)50-39(48)42(43,46(44)45)26-29-9-14-32(15-10-29)49-33-16-12-31(47)13-17-33;1-2-4-9-5-3-6(10)8-7(9)11/h9-17,27-28,34-38,47H,6-8,18-26H2,1-5H3;3,5H,2,4H2,1H3,(H,8,10,11)/t28-,34?,35+,36-,37+,38+,40+,41-,42+;/m1./s1. The minimum absolute atomic E-state index is 0.0715. The maximum absolute atomic E-state index is 14.0. The van der Waals surface area contributed by atoms with Gasteiger partial charge in [0.15, 0.2) is 8.32 Å². The molecule has 0 aliphatic heterocycles. The SMILES string of the molecule is CC(C)CCC[C@@H](C)[C@H]1CC[C@H]2[C@@H]3CC=C4CC(OC(=O)[C@](I)(Cc5ccc(Oc6ccc(O)cc6)cc5)N(I)I)CC[C@]4(C)[C@H]3CC[C@]12C.CCCn1ccc(=O)[nH]c1=S. The largest absolute Gasteiger partial charge is 0.508 e. The smallest absolute Gasteiger partial charge is 0.338 e. The highest BCUT2D eigenvalue weighted by atomic mass is 127. The lowest BCUT2D eigenvalue weighted by atomic mass is 9.47. The van der Waals surface area contributed by atoms with Gasteiger partial charge in [-0.1, -0.05) is 84.6 Å². The second-order valence-electron chi connectivity index (χ2n) is 19.3. The third-order valence-corrected chi connectivity index (χ3v) is 20.0. The van der Waals surface area contributed by atoms with Gasteiger partial charge in [0.25, 0.3) is 5.56 Å². The molecule has 0 radical (unpaired) electrons. The minimum Gasteiger partial charge on any atom is -0.508 e. The van der Waals surface area contributed by atoms with Crippen LogP contribution in [0.3, 0.4) is 0 Å². The molecule has 2 aromatic carbocycles. The zero-order valence-electron chi connectivity index (χ0n) is 36.8. The van der Waals surface area contributed by atoms with Gasteiger partial charge in [-0.2, -0.15) is 1.33 Å². The number of aryl methyl sites for hydroxylation is 1. The van der Waals surface area contributed by atoms with Crippen LogP contribution in [0.25, 0.3) is 0 Å². The Bertz CT molecular complexity index is 2090. The third kappa shape index (κ3) is 11.5. The molecule has 1 aromatic heterocycles. The van der Waals surface area contributed by atoms with Gasteiger partial charge < -0.3 is 19.1 Å². The summed E-state index contributed by atoms with van der Waals surface area (Å²) >= 11 is 11.6. The molecule has 3 saturated carbocycles. The van der Waals surface area contributed by atoms with Crippen molar-refractivity contribution in [2.45, 2.75) is 141 Å². The molecule has 1 heterocycles. The van der Waals surface area contributed by atoms with E-state index in [1.54, 1.807) is 36.0 Å². The molecular weight excluding hydrogens is 1120 g/mol. The number of halogens is 3. The Morgan fingerprint density at radius 1 is 0.984 bits per heavy atom. The van der Waals surface area contributed by atoms with E-state index in [-0.39, 0.29) is 28.8 Å². The second-order valence-corrected chi connectivity index (χ2v) is 25.2. The number of H-pyrrole nitrogens is 1. The van der Waals surface area contributed by atoms with Crippen LogP contribution in [-0.4, -0.2) is 31.6 Å². The maximum Gasteiger partial charge on any atom is 0.338 e. The van der Waals surface area contributed by atoms with Crippen LogP contribution in [0.15, 0.2) is 77.2 Å². The number of ether oxygens (including phenoxy) is 2. The first kappa shape index (κ1) is 48.9. The van der Waals surface area contributed by atoms with Crippen LogP contribution in [0.1, 0.15) is 124 Å². The number of fused-ring (bicyclic) bond motifs is 5. The van der Waals surface area contributed by atoms with Crippen LogP contribution in [0.5, 0.6) is 17.2 Å². The molecule has 0 spiro atoms. The Morgan fingerprint density at radius 2 is 1.67 bits per heavy atom. The summed E-state index contributed by atoms with van der Waals surface area (Å²) in [6.07, 6.45) is 19.7. The number of allylic oxidation sites excluding steroid dienone is 1. The van der Waals surface area contributed by atoms with Gasteiger partial charge in [-0.05, 0) is 174 Å². The van der Waals surface area contributed by atoms with Crippen molar-refractivity contribution in [3.8, 4) is 17.2 Å². The van der Waals surface area contributed by atoms with Gasteiger partial charge in [0, 0.05) is 77.4 Å². The molecule has 7 rings (SSSR count). The Hall–Kier alpha value is -1.50. The molecule has 3 fully saturated rings. The first-order valence-corrected chi connectivity index (χ1v) is 26.0. The molecule has 8 nitrogen and oxygen atoms in total. The molecule has 12 heteroatoms. The number of aromatic amines is 1. The number of hydrogen-bond acceptors (Lipinski definition) is 7. The van der Waals surface area contributed by atoms with Gasteiger partial charge in [0.1, 0.15) is 23.4 Å². The topological polar surface area (TPSA) is 96.8 Å². The highest BCUT2D eigenvalue weighted by Gasteiger charge is 2.59. The van der Waals surface area contributed by atoms with Crippen molar-refractivity contribution in [1.82, 2.24) is 10.9 Å². The van der Waals surface area contributed by atoms with E-state index in [1.165, 1.54) is 57.4 Å². The van der Waals surface area contributed by atoms with Crippen molar-refractivity contribution in [2.24, 2.45) is 46.3 Å². The van der Waals surface area contributed by atoms with Crippen LogP contribution in [0, 0.1) is 51.1 Å². The van der Waals surface area contributed by atoms with E-state index < -0.39 is 3.55 Å². The number of nitrogens with zero attached hydrogens (tertiary/aromatic N) is 2. The number of aromatic nitrogens is 2.